The van der Waals surface area contributed by atoms with Crippen molar-refractivity contribution in [1.82, 2.24) is 0 Å². The molecule has 128 valence electrons. The first kappa shape index (κ1) is 16.6. The third-order valence-electron chi connectivity index (χ3n) is 4.01. The van der Waals surface area contributed by atoms with Gasteiger partial charge in [-0.25, -0.2) is 9.18 Å². The van der Waals surface area contributed by atoms with Gasteiger partial charge in [0.2, 0.25) is 5.88 Å². The third kappa shape index (κ3) is 2.62. The molecule has 1 aromatic carbocycles. The molecular formula is C18H15FN2O4. The molecular weight excluding hydrogens is 327 g/mol. The highest BCUT2D eigenvalue weighted by Gasteiger charge is 2.38. The molecule has 0 amide bonds. The first-order chi connectivity index (χ1) is 12.0. The van der Waals surface area contributed by atoms with E-state index >= 15 is 0 Å². The van der Waals surface area contributed by atoms with Gasteiger partial charge in [-0.2, -0.15) is 5.26 Å². The molecule has 0 aliphatic carbocycles. The Labute approximate surface area is 142 Å². The number of carbonyl (C=O) groups is 1. The third-order valence-corrected chi connectivity index (χ3v) is 4.01. The Morgan fingerprint density at radius 3 is 2.88 bits per heavy atom. The number of esters is 1. The van der Waals surface area contributed by atoms with Crippen LogP contribution in [0.3, 0.4) is 0 Å². The van der Waals surface area contributed by atoms with Crippen molar-refractivity contribution in [2.24, 2.45) is 5.73 Å². The second kappa shape index (κ2) is 6.32. The molecule has 2 N–H and O–H groups in total. The topological polar surface area (TPSA) is 98.5 Å². The molecule has 2 aromatic rings. The first-order valence-corrected chi connectivity index (χ1v) is 7.60. The lowest BCUT2D eigenvalue weighted by Gasteiger charge is -2.27. The zero-order valence-corrected chi connectivity index (χ0v) is 13.6. The van der Waals surface area contributed by atoms with Crippen molar-refractivity contribution < 1.29 is 23.1 Å². The molecule has 6 nitrogen and oxygen atoms in total. The molecule has 1 aromatic heterocycles. The zero-order chi connectivity index (χ0) is 18.1. The molecule has 0 spiro atoms. The summed E-state index contributed by atoms with van der Waals surface area (Å²) in [7, 11) is 0. The van der Waals surface area contributed by atoms with Gasteiger partial charge < -0.3 is 19.6 Å². The van der Waals surface area contributed by atoms with Gasteiger partial charge in [0.05, 0.1) is 24.4 Å². The first-order valence-electron chi connectivity index (χ1n) is 7.60. The maximum absolute atomic E-state index is 14.7. The summed E-state index contributed by atoms with van der Waals surface area (Å²) in [5.41, 5.74) is 6.36. The van der Waals surface area contributed by atoms with Crippen LogP contribution in [-0.4, -0.2) is 12.6 Å². The van der Waals surface area contributed by atoms with Crippen LogP contribution in [0.1, 0.15) is 25.3 Å². The number of benzene rings is 1. The Bertz CT molecular complexity index is 965. The Hall–Kier alpha value is -3.27. The van der Waals surface area contributed by atoms with Crippen molar-refractivity contribution >= 4 is 16.9 Å². The lowest BCUT2D eigenvalue weighted by Crippen LogP contribution is -2.26. The summed E-state index contributed by atoms with van der Waals surface area (Å²) >= 11 is 0. The van der Waals surface area contributed by atoms with Crippen molar-refractivity contribution in [1.29, 1.82) is 5.26 Å². The van der Waals surface area contributed by atoms with Crippen molar-refractivity contribution in [3.8, 4) is 6.07 Å². The van der Waals surface area contributed by atoms with Gasteiger partial charge in [-0.1, -0.05) is 0 Å². The minimum absolute atomic E-state index is 0.0419. The fourth-order valence-electron chi connectivity index (χ4n) is 2.98. The number of furan rings is 1. The molecule has 0 radical (unpaired) electrons. The fourth-order valence-corrected chi connectivity index (χ4v) is 2.98. The Balaban J connectivity index is 2.32. The van der Waals surface area contributed by atoms with Gasteiger partial charge in [-0.15, -0.1) is 0 Å². The Morgan fingerprint density at radius 1 is 1.44 bits per heavy atom. The van der Waals surface area contributed by atoms with Crippen molar-refractivity contribution in [3.05, 3.63) is 58.6 Å². The quantitative estimate of drug-likeness (QED) is 0.860. The van der Waals surface area contributed by atoms with Gasteiger partial charge in [0.25, 0.3) is 0 Å². The van der Waals surface area contributed by atoms with Crippen molar-refractivity contribution in [2.45, 2.75) is 19.8 Å². The lowest BCUT2D eigenvalue weighted by atomic mass is 9.81. The number of allylic oxidation sites excluding steroid dienone is 2. The average Bonchev–Trinajstić information content (AvgIpc) is 3.03. The number of halogens is 1. The maximum Gasteiger partial charge on any atom is 0.338 e. The Kier molecular flexibility index (Phi) is 4.19. The van der Waals surface area contributed by atoms with E-state index in [1.54, 1.807) is 13.0 Å². The van der Waals surface area contributed by atoms with Crippen molar-refractivity contribution in [3.63, 3.8) is 0 Å². The van der Waals surface area contributed by atoms with Crippen LogP contribution in [0.4, 0.5) is 4.39 Å². The highest BCUT2D eigenvalue weighted by Crippen LogP contribution is 2.43. The molecule has 0 saturated heterocycles. The molecule has 1 unspecified atom stereocenters. The molecule has 25 heavy (non-hydrogen) atoms. The molecule has 3 rings (SSSR count). The van der Waals surface area contributed by atoms with Gasteiger partial charge in [0.15, 0.2) is 0 Å². The molecule has 0 fully saturated rings. The number of nitrogens with two attached hydrogens (primary N) is 1. The smallest absolute Gasteiger partial charge is 0.338 e. The number of fused-ring (bicyclic) bond motifs is 1. The van der Waals surface area contributed by atoms with E-state index in [-0.39, 0.29) is 35.0 Å². The van der Waals surface area contributed by atoms with Gasteiger partial charge in [0.1, 0.15) is 28.8 Å². The molecule has 0 bridgehead atoms. The molecule has 0 saturated carbocycles. The summed E-state index contributed by atoms with van der Waals surface area (Å²) in [4.78, 5) is 12.5. The van der Waals surface area contributed by atoms with Gasteiger partial charge in [-0.3, -0.25) is 0 Å². The van der Waals surface area contributed by atoms with E-state index in [1.165, 1.54) is 25.3 Å². The van der Waals surface area contributed by atoms with Crippen LogP contribution < -0.4 is 5.73 Å². The van der Waals surface area contributed by atoms with Gasteiger partial charge in [-0.05, 0) is 32.0 Å². The molecule has 1 atom stereocenters. The summed E-state index contributed by atoms with van der Waals surface area (Å²) in [5.74, 6) is -2.32. The number of hydrogen-bond acceptors (Lipinski definition) is 6. The lowest BCUT2D eigenvalue weighted by molar-refractivity contribution is -0.139. The molecule has 1 aliphatic heterocycles. The minimum Gasteiger partial charge on any atom is -0.464 e. The maximum atomic E-state index is 14.7. The van der Waals surface area contributed by atoms with Crippen LogP contribution in [0, 0.1) is 17.1 Å². The predicted octanol–water partition coefficient (Wildman–Crippen LogP) is 3.22. The summed E-state index contributed by atoms with van der Waals surface area (Å²) in [6.07, 6.45) is 1.41. The number of nitrogens with zero attached hydrogens (tertiary/aromatic N) is 1. The van der Waals surface area contributed by atoms with E-state index in [4.69, 9.17) is 19.6 Å². The van der Waals surface area contributed by atoms with Gasteiger partial charge >= 0.3 is 5.97 Å². The van der Waals surface area contributed by atoms with Crippen LogP contribution >= 0.6 is 0 Å². The Morgan fingerprint density at radius 2 is 2.20 bits per heavy atom. The van der Waals surface area contributed by atoms with Crippen LogP contribution in [0.2, 0.25) is 0 Å². The normalized spacial score (nSPS) is 17.4. The summed E-state index contributed by atoms with van der Waals surface area (Å²) < 4.78 is 30.4. The standard InChI is InChI=1S/C18H15FN2O4/c1-3-23-18(22)14-9(2)25-17(21)11(8-20)16(14)15-10-6-7-24-13(10)5-4-12(15)19/h4-7,16H,3,21H2,1-2H3. The number of carbonyl (C=O) groups excluding carboxylic acids is 1. The second-order valence-electron chi connectivity index (χ2n) is 5.41. The van der Waals surface area contributed by atoms with Gasteiger partial charge in [0, 0.05) is 10.9 Å². The highest BCUT2D eigenvalue weighted by atomic mass is 19.1. The molecule has 1 aliphatic rings. The molecule has 2 heterocycles. The average molecular weight is 342 g/mol. The zero-order valence-electron chi connectivity index (χ0n) is 13.6. The molecule has 7 heteroatoms. The van der Waals surface area contributed by atoms with E-state index in [9.17, 15) is 14.4 Å². The van der Waals surface area contributed by atoms with Crippen molar-refractivity contribution in [2.75, 3.05) is 6.61 Å². The predicted molar refractivity (Wildman–Crippen MR) is 86.2 cm³/mol. The van der Waals surface area contributed by atoms with E-state index in [1.807, 2.05) is 6.07 Å². The highest BCUT2D eigenvalue weighted by molar-refractivity contribution is 5.95. The second-order valence-corrected chi connectivity index (χ2v) is 5.41. The largest absolute Gasteiger partial charge is 0.464 e. The van der Waals surface area contributed by atoms with Crippen LogP contribution in [-0.2, 0) is 14.3 Å². The number of nitriles is 1. The van der Waals surface area contributed by atoms with E-state index in [0.29, 0.717) is 11.0 Å². The van der Waals surface area contributed by atoms with E-state index < -0.39 is 17.7 Å². The van der Waals surface area contributed by atoms with E-state index in [0.717, 1.165) is 0 Å². The monoisotopic (exact) mass is 342 g/mol. The van der Waals surface area contributed by atoms with Crippen LogP contribution in [0.15, 0.2) is 51.7 Å². The number of rotatable bonds is 3. The summed E-state index contributed by atoms with van der Waals surface area (Å²) in [6.45, 7) is 3.30. The minimum atomic E-state index is -1.04. The van der Waals surface area contributed by atoms with Crippen LogP contribution in [0.25, 0.3) is 11.0 Å². The van der Waals surface area contributed by atoms with Crippen LogP contribution in [0.5, 0.6) is 0 Å². The summed E-state index contributed by atoms with van der Waals surface area (Å²) in [5, 5.41) is 9.98. The summed E-state index contributed by atoms with van der Waals surface area (Å²) in [6, 6.07) is 6.20. The fraction of sp³-hybridized carbons (Fsp3) is 0.222. The van der Waals surface area contributed by atoms with E-state index in [2.05, 4.69) is 0 Å². The number of ether oxygens (including phenoxy) is 2. The SMILES string of the molecule is CCOC(=O)C1=C(C)OC(N)=C(C#N)C1c1c(F)ccc2occc12. The number of hydrogen-bond donors (Lipinski definition) is 1.